The Hall–Kier alpha value is 0.616. The number of hydrogen-bond donors (Lipinski definition) is 0. The molecule has 40 valence electrons. The summed E-state index contributed by atoms with van der Waals surface area (Å²) in [6.45, 7) is 0. The van der Waals surface area contributed by atoms with Crippen molar-refractivity contribution in [3.8, 4) is 0 Å². The molecule has 0 aliphatic heterocycles. The quantitative estimate of drug-likeness (QED) is 0.537. The summed E-state index contributed by atoms with van der Waals surface area (Å²) in [5.41, 5.74) is 0. The van der Waals surface area contributed by atoms with Gasteiger partial charge in [0.15, 0.2) is 0 Å². The van der Waals surface area contributed by atoms with Crippen molar-refractivity contribution in [1.82, 2.24) is 0 Å². The molecule has 0 spiro atoms. The van der Waals surface area contributed by atoms with E-state index in [1.807, 2.05) is 0 Å². The van der Waals surface area contributed by atoms with Crippen LogP contribution in [0.2, 0.25) is 0 Å². The molecule has 0 amide bonds. The predicted molar refractivity (Wildman–Crippen MR) is 18.6 cm³/mol. The summed E-state index contributed by atoms with van der Waals surface area (Å²) in [6, 6.07) is 0. The van der Waals surface area contributed by atoms with Gasteiger partial charge < -0.3 is 0 Å². The van der Waals surface area contributed by atoms with E-state index in [9.17, 15) is 0 Å². The molecule has 5 heavy (non-hydrogen) atoms. The van der Waals surface area contributed by atoms with Gasteiger partial charge in [0.2, 0.25) is 0 Å². The van der Waals surface area contributed by atoms with Crippen LogP contribution >= 0.6 is 0 Å². The molecular weight excluding hydrogens is 285 g/mol. The Labute approximate surface area is 45.9 Å². The molecule has 0 aromatic carbocycles. The van der Waals surface area contributed by atoms with Crippen LogP contribution in [0.25, 0.3) is 0 Å². The minimum absolute atomic E-state index is 0. The van der Waals surface area contributed by atoms with Crippen molar-refractivity contribution in [2.24, 2.45) is 0 Å². The van der Waals surface area contributed by atoms with Crippen LogP contribution in [-0.4, -0.2) is 26.6 Å². The second kappa shape index (κ2) is 159. The summed E-state index contributed by atoms with van der Waals surface area (Å²) >= 11 is 0. The Morgan fingerprint density at radius 2 is 0.400 bits per heavy atom. The van der Waals surface area contributed by atoms with Gasteiger partial charge in [0.25, 0.3) is 0 Å². The minimum atomic E-state index is 0. The molecule has 0 heterocycles. The van der Waals surface area contributed by atoms with E-state index >= 15 is 0 Å². The number of hydrogen-bond acceptors (Lipinski definition) is 0. The summed E-state index contributed by atoms with van der Waals surface area (Å²) in [7, 11) is 0. The first-order valence-electron chi connectivity index (χ1n) is 0. The van der Waals surface area contributed by atoms with Crippen LogP contribution in [0.15, 0.2) is 0 Å². The number of halogens is 4. The van der Waals surface area contributed by atoms with Gasteiger partial charge in [-0.1, -0.05) is 0 Å². The van der Waals surface area contributed by atoms with Crippen molar-refractivity contribution < 1.29 is 18.8 Å². The predicted octanol–water partition coefficient (Wildman–Crippen LogP) is -0.306. The van der Waals surface area contributed by atoms with Crippen LogP contribution in [-0.2, 0) is 0 Å². The van der Waals surface area contributed by atoms with Crippen LogP contribution < -0.4 is 0 Å². The maximum absolute atomic E-state index is 0. The molecule has 0 aromatic heterocycles. The molecule has 0 aromatic rings. The van der Waals surface area contributed by atoms with Gasteiger partial charge in [0.05, 0.1) is 0 Å². The van der Waals surface area contributed by atoms with E-state index in [0.29, 0.717) is 0 Å². The van der Waals surface area contributed by atoms with Crippen LogP contribution in [0.5, 0.6) is 0 Å². The SMILES string of the molecule is F.F.F.F.[PoH2]. The Morgan fingerprint density at radius 1 is 0.400 bits per heavy atom. The first kappa shape index (κ1) is 315. The van der Waals surface area contributed by atoms with E-state index in [1.54, 1.807) is 0 Å². The van der Waals surface area contributed by atoms with E-state index in [1.165, 1.54) is 0 Å². The van der Waals surface area contributed by atoms with E-state index in [-0.39, 0.29) is 45.4 Å². The summed E-state index contributed by atoms with van der Waals surface area (Å²) in [6.07, 6.45) is 0. The molecule has 0 unspecified atom stereocenters. The molecule has 0 atom stereocenters. The normalized spacial score (nSPS) is 0. The van der Waals surface area contributed by atoms with Gasteiger partial charge in [-0.05, 0) is 0 Å². The summed E-state index contributed by atoms with van der Waals surface area (Å²) in [5.74, 6) is 0. The third-order valence-corrected chi connectivity index (χ3v) is 0. The van der Waals surface area contributed by atoms with Crippen LogP contribution in [0, 0.1) is 0 Å². The van der Waals surface area contributed by atoms with Gasteiger partial charge in [-0.3, -0.25) is 18.8 Å². The van der Waals surface area contributed by atoms with Gasteiger partial charge in [-0.2, -0.15) is 0 Å². The Bertz CT molecular complexity index is 3.61. The summed E-state index contributed by atoms with van der Waals surface area (Å²) in [4.78, 5) is 0. The average Bonchev–Trinajstić information content (AvgIpc) is 0. The van der Waals surface area contributed by atoms with Gasteiger partial charge in [0, 0.05) is 0 Å². The molecule has 5 heteroatoms. The van der Waals surface area contributed by atoms with Crippen molar-refractivity contribution in [2.45, 2.75) is 0 Å². The molecule has 0 fully saturated rings. The second-order valence-corrected chi connectivity index (χ2v) is 0. The standard InChI is InChI=1S/4FH.Po.2H/h4*1H;;;. The van der Waals surface area contributed by atoms with Crippen molar-refractivity contribution in [2.75, 3.05) is 0 Å². The van der Waals surface area contributed by atoms with Crippen LogP contribution in [0.4, 0.5) is 18.8 Å². The average molecular weight is 291 g/mol. The zero-order valence-corrected chi connectivity index (χ0v) is 6.02. The Morgan fingerprint density at radius 3 is 0.400 bits per heavy atom. The summed E-state index contributed by atoms with van der Waals surface area (Å²) in [5, 5.41) is 0. The third kappa shape index (κ3) is 83.2. The molecule has 0 N–H and O–H groups in total. The van der Waals surface area contributed by atoms with Gasteiger partial charge >= 0.3 is 26.6 Å². The fraction of sp³-hybridized carbons (Fsp3) is 0. The maximum atomic E-state index is 0. The van der Waals surface area contributed by atoms with Crippen molar-refractivity contribution in [3.63, 3.8) is 0 Å². The molecule has 0 rings (SSSR count). The van der Waals surface area contributed by atoms with Crippen LogP contribution in [0.1, 0.15) is 0 Å². The van der Waals surface area contributed by atoms with Gasteiger partial charge in [-0.15, -0.1) is 0 Å². The van der Waals surface area contributed by atoms with Crippen molar-refractivity contribution >= 4 is 26.6 Å². The molecule has 0 radical (unpaired) electrons. The zero-order valence-electron chi connectivity index (χ0n) is 2.13. The first-order chi connectivity index (χ1) is 0. The monoisotopic (exact) mass is 291 g/mol. The Kier molecular flexibility index (Phi) is 10000. The Balaban J connectivity index is 0. The molecule has 0 nitrogen and oxygen atoms in total. The second-order valence-electron chi connectivity index (χ2n) is 0. The van der Waals surface area contributed by atoms with Gasteiger partial charge in [-0.25, -0.2) is 0 Å². The molecule has 0 saturated carbocycles. The zero-order chi connectivity index (χ0) is 0. The van der Waals surface area contributed by atoms with E-state index < -0.39 is 0 Å². The van der Waals surface area contributed by atoms with Crippen molar-refractivity contribution in [3.05, 3.63) is 0 Å². The fourth-order valence-corrected chi connectivity index (χ4v) is 0. The molecule has 0 bridgehead atoms. The van der Waals surface area contributed by atoms with E-state index in [0.717, 1.165) is 0 Å². The van der Waals surface area contributed by atoms with Crippen LogP contribution in [0.3, 0.4) is 0 Å². The molecule has 0 aliphatic carbocycles. The van der Waals surface area contributed by atoms with Gasteiger partial charge in [0.1, 0.15) is 0 Å². The first-order valence-corrected chi connectivity index (χ1v) is 0. The molecule has 0 aliphatic rings. The molecular formula is H6F4Po. The molecule has 0 saturated heterocycles. The van der Waals surface area contributed by atoms with E-state index in [4.69, 9.17) is 0 Å². The third-order valence-electron chi connectivity index (χ3n) is 0. The topological polar surface area (TPSA) is 0 Å². The fourth-order valence-electron chi connectivity index (χ4n) is 0. The summed E-state index contributed by atoms with van der Waals surface area (Å²) < 4.78 is 0. The van der Waals surface area contributed by atoms with Crippen molar-refractivity contribution in [1.29, 1.82) is 0 Å². The van der Waals surface area contributed by atoms with E-state index in [2.05, 4.69) is 0 Å². The number of rotatable bonds is 0.